The normalized spacial score (nSPS) is 26.1. The van der Waals surface area contributed by atoms with Crippen molar-refractivity contribution in [1.29, 1.82) is 0 Å². The Morgan fingerprint density at radius 2 is 1.92 bits per heavy atom. The predicted octanol–water partition coefficient (Wildman–Crippen LogP) is -2.38. The van der Waals surface area contributed by atoms with Crippen LogP contribution in [0.2, 0.25) is 0 Å². The van der Waals surface area contributed by atoms with Gasteiger partial charge in [-0.15, -0.1) is 5.10 Å². The Bertz CT molecular complexity index is 547. The summed E-state index contributed by atoms with van der Waals surface area (Å²) in [5.41, 5.74) is 0. The van der Waals surface area contributed by atoms with E-state index in [0.29, 0.717) is 26.3 Å². The number of carbonyl (C=O) groups excluding carboxylic acids is 1. The minimum absolute atomic E-state index is 0.0788. The topological polar surface area (TPSA) is 139 Å². The van der Waals surface area contributed by atoms with Crippen molar-refractivity contribution in [3.8, 4) is 0 Å². The lowest BCUT2D eigenvalue weighted by Crippen LogP contribution is -2.37. The van der Waals surface area contributed by atoms with Gasteiger partial charge in [0, 0.05) is 27.3 Å². The fraction of sp³-hybridized carbons (Fsp3) is 0.786. The lowest BCUT2D eigenvalue weighted by molar-refractivity contribution is -0.0589. The van der Waals surface area contributed by atoms with Crippen LogP contribution in [-0.2, 0) is 14.2 Å². The second kappa shape index (κ2) is 9.17. The van der Waals surface area contributed by atoms with Crippen LogP contribution < -0.4 is 0 Å². The molecule has 25 heavy (non-hydrogen) atoms. The Morgan fingerprint density at radius 1 is 1.28 bits per heavy atom. The van der Waals surface area contributed by atoms with Gasteiger partial charge in [-0.3, -0.25) is 4.79 Å². The van der Waals surface area contributed by atoms with Crippen LogP contribution in [0.15, 0.2) is 6.33 Å². The van der Waals surface area contributed by atoms with E-state index in [-0.39, 0.29) is 5.82 Å². The molecule has 11 heteroatoms. The van der Waals surface area contributed by atoms with Gasteiger partial charge >= 0.3 is 0 Å². The first-order valence-electron chi connectivity index (χ1n) is 7.84. The van der Waals surface area contributed by atoms with Crippen molar-refractivity contribution in [3.05, 3.63) is 12.2 Å². The second-order valence-corrected chi connectivity index (χ2v) is 5.55. The Labute approximate surface area is 144 Å². The van der Waals surface area contributed by atoms with Crippen LogP contribution in [0, 0.1) is 0 Å². The molecule has 1 unspecified atom stereocenters. The minimum Gasteiger partial charge on any atom is -0.394 e. The molecule has 4 atom stereocenters. The zero-order chi connectivity index (χ0) is 18.4. The van der Waals surface area contributed by atoms with Gasteiger partial charge in [0.15, 0.2) is 6.23 Å². The number of nitrogens with zero attached hydrogens (tertiary/aromatic N) is 4. The third-order valence-electron chi connectivity index (χ3n) is 3.90. The molecule has 2 heterocycles. The summed E-state index contributed by atoms with van der Waals surface area (Å²) in [7, 11) is 3.07. The number of hydrogen-bond donors (Lipinski definition) is 3. The Morgan fingerprint density at radius 3 is 2.44 bits per heavy atom. The van der Waals surface area contributed by atoms with E-state index in [0.717, 1.165) is 4.68 Å². The van der Waals surface area contributed by atoms with E-state index >= 15 is 0 Å². The molecule has 142 valence electrons. The fourth-order valence-electron chi connectivity index (χ4n) is 2.45. The fourth-order valence-corrected chi connectivity index (χ4v) is 2.45. The standard InChI is InChI=1S/C14H24N4O7/c1-23-5-3-17(4-6-24-2)13(22)12-15-8-18(16-12)14-11(21)10(20)9(7-19)25-14/h8-11,14,19-21H,3-7H2,1-2H3/t9-,10+,11?,14-/m1/s1. The highest BCUT2D eigenvalue weighted by Gasteiger charge is 2.44. The predicted molar refractivity (Wildman–Crippen MR) is 82.7 cm³/mol. The number of rotatable bonds is 9. The summed E-state index contributed by atoms with van der Waals surface area (Å²) < 4.78 is 16.5. The van der Waals surface area contributed by atoms with Crippen molar-refractivity contribution >= 4 is 5.91 Å². The minimum atomic E-state index is -1.29. The maximum Gasteiger partial charge on any atom is 0.293 e. The second-order valence-electron chi connectivity index (χ2n) is 5.55. The number of amides is 1. The maximum atomic E-state index is 12.5. The number of aliphatic hydroxyl groups is 3. The van der Waals surface area contributed by atoms with Crippen molar-refractivity contribution in [1.82, 2.24) is 19.7 Å². The molecule has 0 aliphatic carbocycles. The lowest BCUT2D eigenvalue weighted by atomic mass is 10.1. The molecule has 0 saturated carbocycles. The smallest absolute Gasteiger partial charge is 0.293 e. The molecule has 1 aromatic heterocycles. The number of carbonyl (C=O) groups is 1. The van der Waals surface area contributed by atoms with E-state index < -0.39 is 37.1 Å². The van der Waals surface area contributed by atoms with E-state index in [2.05, 4.69) is 10.1 Å². The molecule has 2 rings (SSSR count). The van der Waals surface area contributed by atoms with Gasteiger partial charge in [-0.05, 0) is 0 Å². The third-order valence-corrected chi connectivity index (χ3v) is 3.90. The first kappa shape index (κ1) is 19.7. The van der Waals surface area contributed by atoms with Gasteiger partial charge in [-0.2, -0.15) is 0 Å². The zero-order valence-electron chi connectivity index (χ0n) is 14.2. The van der Waals surface area contributed by atoms with Gasteiger partial charge < -0.3 is 34.4 Å². The summed E-state index contributed by atoms with van der Waals surface area (Å²) in [6.45, 7) is 0.954. The summed E-state index contributed by atoms with van der Waals surface area (Å²) in [6, 6.07) is 0. The number of ether oxygens (including phenoxy) is 3. The molecule has 1 aliphatic heterocycles. The molecule has 0 radical (unpaired) electrons. The largest absolute Gasteiger partial charge is 0.394 e. The van der Waals surface area contributed by atoms with Crippen LogP contribution in [0.1, 0.15) is 16.8 Å². The molecule has 1 aliphatic rings. The molecule has 1 fully saturated rings. The van der Waals surface area contributed by atoms with E-state index in [4.69, 9.17) is 19.3 Å². The quantitative estimate of drug-likeness (QED) is 0.440. The van der Waals surface area contributed by atoms with E-state index in [9.17, 15) is 15.0 Å². The van der Waals surface area contributed by atoms with Crippen LogP contribution in [0.5, 0.6) is 0 Å². The van der Waals surface area contributed by atoms with Gasteiger partial charge in [0.2, 0.25) is 5.82 Å². The molecule has 1 aromatic rings. The van der Waals surface area contributed by atoms with Crippen molar-refractivity contribution in [3.63, 3.8) is 0 Å². The molecular formula is C14H24N4O7. The number of methoxy groups -OCH3 is 2. The average Bonchev–Trinajstić information content (AvgIpc) is 3.20. The van der Waals surface area contributed by atoms with Crippen molar-refractivity contribution in [2.75, 3.05) is 47.1 Å². The molecule has 11 nitrogen and oxygen atoms in total. The average molecular weight is 360 g/mol. The van der Waals surface area contributed by atoms with Crippen LogP contribution in [0.4, 0.5) is 0 Å². The third kappa shape index (κ3) is 4.51. The van der Waals surface area contributed by atoms with E-state index in [1.165, 1.54) is 25.4 Å². The maximum absolute atomic E-state index is 12.5. The monoisotopic (exact) mass is 360 g/mol. The number of aliphatic hydroxyl groups excluding tert-OH is 3. The zero-order valence-corrected chi connectivity index (χ0v) is 14.2. The molecule has 0 aromatic carbocycles. The molecule has 0 bridgehead atoms. The Kier molecular flexibility index (Phi) is 7.23. The van der Waals surface area contributed by atoms with Gasteiger partial charge in [0.1, 0.15) is 24.6 Å². The summed E-state index contributed by atoms with van der Waals surface area (Å²) in [5.74, 6) is -0.496. The van der Waals surface area contributed by atoms with E-state index in [1.54, 1.807) is 0 Å². The van der Waals surface area contributed by atoms with Crippen LogP contribution in [0.3, 0.4) is 0 Å². The summed E-state index contributed by atoms with van der Waals surface area (Å²) in [5, 5.41) is 32.9. The SMILES string of the molecule is COCCN(CCOC)C(=O)c1ncn([C@@H]2O[C@H](CO)[C@H](O)C2O)n1. The van der Waals surface area contributed by atoms with Crippen molar-refractivity contribution in [2.24, 2.45) is 0 Å². The van der Waals surface area contributed by atoms with Gasteiger partial charge in [0.05, 0.1) is 19.8 Å². The van der Waals surface area contributed by atoms with Crippen molar-refractivity contribution in [2.45, 2.75) is 24.5 Å². The Balaban J connectivity index is 2.09. The lowest BCUT2D eigenvalue weighted by Gasteiger charge is -2.20. The molecule has 3 N–H and O–H groups in total. The summed E-state index contributed by atoms with van der Waals surface area (Å²) >= 11 is 0. The van der Waals surface area contributed by atoms with Gasteiger partial charge in [-0.1, -0.05) is 0 Å². The van der Waals surface area contributed by atoms with Crippen LogP contribution >= 0.6 is 0 Å². The van der Waals surface area contributed by atoms with Crippen LogP contribution in [-0.4, -0.2) is 106 Å². The van der Waals surface area contributed by atoms with E-state index in [1.807, 2.05) is 0 Å². The highest BCUT2D eigenvalue weighted by Crippen LogP contribution is 2.28. The first-order valence-corrected chi connectivity index (χ1v) is 7.84. The number of aromatic nitrogens is 3. The summed E-state index contributed by atoms with van der Waals surface area (Å²) in [6.07, 6.45) is -3.27. The summed E-state index contributed by atoms with van der Waals surface area (Å²) in [4.78, 5) is 18.0. The molecule has 1 amide bonds. The molecular weight excluding hydrogens is 336 g/mol. The van der Waals surface area contributed by atoms with Crippen LogP contribution in [0.25, 0.3) is 0 Å². The number of hydrogen-bond acceptors (Lipinski definition) is 9. The highest BCUT2D eigenvalue weighted by atomic mass is 16.6. The van der Waals surface area contributed by atoms with Gasteiger partial charge in [0.25, 0.3) is 5.91 Å². The Hall–Kier alpha value is -1.63. The molecule has 1 saturated heterocycles. The first-order chi connectivity index (χ1) is 12.0. The van der Waals surface area contributed by atoms with Crippen molar-refractivity contribution < 1.29 is 34.3 Å². The molecule has 0 spiro atoms. The van der Waals surface area contributed by atoms with Gasteiger partial charge in [-0.25, -0.2) is 9.67 Å². The highest BCUT2D eigenvalue weighted by molar-refractivity contribution is 5.90.